The molecular formula is C51H63F2N7. The molecule has 2 aromatic carbocycles. The fraction of sp³-hybridized carbons (Fsp3) is 0.412. The molecule has 0 radical (unpaired) electrons. The summed E-state index contributed by atoms with van der Waals surface area (Å²) in [6.07, 6.45) is 3.09. The standard InChI is InChI=1S/C51H63F2N7/c1-34-18-23-45(55-38(5)50(24-25-50)43-21-20-41-30-51(52,53)31-42(41)29-43)57-47(34)40-15-12-14-39(28-40)37(4)54-33-48(6,7)49(8,9)59(11)35(2)19-22-44-16-13-17-46(56-44)60-27-26-58(10)32-36(60)3/h12-18,20-21,23,28-29,54H,2-5,19,22,24-27,30-33H2,1,6-11H3,(H,55,57). The summed E-state index contributed by atoms with van der Waals surface area (Å²) in [7, 11) is 4.27. The highest BCUT2D eigenvalue weighted by Crippen LogP contribution is 2.54. The minimum atomic E-state index is -2.66. The lowest BCUT2D eigenvalue weighted by molar-refractivity contribution is 0.0130. The Morgan fingerprint density at radius 1 is 0.900 bits per heavy atom. The van der Waals surface area contributed by atoms with Crippen LogP contribution in [0.25, 0.3) is 17.0 Å². The van der Waals surface area contributed by atoms with Gasteiger partial charge in [0, 0.05) is 96.5 Å². The van der Waals surface area contributed by atoms with Crippen molar-refractivity contribution in [2.45, 2.75) is 90.0 Å². The van der Waals surface area contributed by atoms with Gasteiger partial charge in [-0.1, -0.05) is 88.7 Å². The average Bonchev–Trinajstić information content (AvgIpc) is 3.96. The minimum absolute atomic E-state index is 0.171. The quantitative estimate of drug-likeness (QED) is 0.117. The van der Waals surface area contributed by atoms with Crippen LogP contribution in [0.1, 0.15) is 80.5 Å². The summed E-state index contributed by atoms with van der Waals surface area (Å²) in [6.45, 7) is 32.4. The summed E-state index contributed by atoms with van der Waals surface area (Å²) in [5, 5.41) is 7.17. The van der Waals surface area contributed by atoms with Crippen molar-refractivity contribution in [2.75, 3.05) is 50.5 Å². The lowest BCUT2D eigenvalue weighted by atomic mass is 9.73. The van der Waals surface area contributed by atoms with E-state index in [2.05, 4.69) is 143 Å². The number of rotatable bonds is 16. The normalized spacial score (nSPS) is 17.2. The molecule has 7 rings (SSSR count). The number of pyridine rings is 2. The highest BCUT2D eigenvalue weighted by atomic mass is 19.3. The molecule has 1 saturated heterocycles. The van der Waals surface area contributed by atoms with Crippen molar-refractivity contribution in [1.29, 1.82) is 0 Å². The van der Waals surface area contributed by atoms with Crippen molar-refractivity contribution in [1.82, 2.24) is 25.1 Å². The van der Waals surface area contributed by atoms with E-state index in [1.165, 1.54) is 0 Å². The zero-order chi connectivity index (χ0) is 43.2. The van der Waals surface area contributed by atoms with Crippen molar-refractivity contribution in [3.05, 3.63) is 150 Å². The molecule has 3 heterocycles. The number of aromatic nitrogens is 2. The molecule has 0 amide bonds. The van der Waals surface area contributed by atoms with Gasteiger partial charge < -0.3 is 20.4 Å². The summed E-state index contributed by atoms with van der Waals surface area (Å²) in [5.74, 6) is -0.987. The number of hydrogen-bond donors (Lipinski definition) is 2. The van der Waals surface area contributed by atoms with Crippen LogP contribution in [0.15, 0.2) is 116 Å². The van der Waals surface area contributed by atoms with Crippen molar-refractivity contribution >= 4 is 17.3 Å². The molecule has 3 aliphatic rings. The Morgan fingerprint density at radius 3 is 2.37 bits per heavy atom. The van der Waals surface area contributed by atoms with Gasteiger partial charge in [-0.3, -0.25) is 4.90 Å². The number of nitrogens with one attached hydrogen (secondary N) is 2. The molecule has 1 saturated carbocycles. The third-order valence-electron chi connectivity index (χ3n) is 13.8. The molecular weight excluding hydrogens is 749 g/mol. The van der Waals surface area contributed by atoms with Crippen LogP contribution in [0.2, 0.25) is 0 Å². The molecule has 2 aliphatic carbocycles. The van der Waals surface area contributed by atoms with Gasteiger partial charge in [0.1, 0.15) is 11.6 Å². The maximum atomic E-state index is 14.2. The molecule has 2 aromatic heterocycles. The number of halogens is 2. The third-order valence-corrected chi connectivity index (χ3v) is 13.8. The summed E-state index contributed by atoms with van der Waals surface area (Å²) in [6, 6.07) is 24.5. The molecule has 60 heavy (non-hydrogen) atoms. The number of nitrogens with zero attached hydrogens (tertiary/aromatic N) is 5. The van der Waals surface area contributed by atoms with Crippen molar-refractivity contribution in [2.24, 2.45) is 5.41 Å². The van der Waals surface area contributed by atoms with Crippen LogP contribution < -0.4 is 15.5 Å². The second kappa shape index (κ2) is 16.3. The Balaban J connectivity index is 0.962. The van der Waals surface area contributed by atoms with E-state index in [0.29, 0.717) is 12.4 Å². The SMILES string of the molecule is C=C(NCC(C)(C)C(C)(C)N(C)C(=C)CCc1cccc(N2CCN(C)CC2=C)n1)c1cccc(-c2nc(NC(=C)C3(c4ccc5c(c4)CC(F)(F)C5)CC3)ccc2C)c1. The average molecular weight is 812 g/mol. The Kier molecular flexibility index (Phi) is 11.6. The molecule has 2 N–H and O–H groups in total. The molecule has 9 heteroatoms. The van der Waals surface area contributed by atoms with Gasteiger partial charge in [-0.15, -0.1) is 0 Å². The summed E-state index contributed by atoms with van der Waals surface area (Å²) in [4.78, 5) is 16.9. The van der Waals surface area contributed by atoms with Crippen LogP contribution in [-0.4, -0.2) is 71.5 Å². The number of likely N-dealkylation sites (N-methyl/N-ethyl adjacent to an activating group) is 1. The molecule has 1 aliphatic heterocycles. The van der Waals surface area contributed by atoms with Crippen LogP contribution in [-0.2, 0) is 24.7 Å². The van der Waals surface area contributed by atoms with Crippen LogP contribution in [0, 0.1) is 12.3 Å². The monoisotopic (exact) mass is 812 g/mol. The van der Waals surface area contributed by atoms with E-state index in [-0.39, 0.29) is 29.2 Å². The fourth-order valence-electron chi connectivity index (χ4n) is 8.66. The first kappa shape index (κ1) is 42.8. The minimum Gasteiger partial charge on any atom is -0.384 e. The van der Waals surface area contributed by atoms with Gasteiger partial charge in [-0.2, -0.15) is 0 Å². The molecule has 316 valence electrons. The van der Waals surface area contributed by atoms with E-state index in [1.807, 2.05) is 30.3 Å². The van der Waals surface area contributed by atoms with Gasteiger partial charge in [-0.25, -0.2) is 18.7 Å². The van der Waals surface area contributed by atoms with Crippen LogP contribution in [0.3, 0.4) is 0 Å². The Bertz CT molecular complexity index is 2320. The molecule has 2 fully saturated rings. The summed E-state index contributed by atoms with van der Waals surface area (Å²) in [5.41, 5.74) is 10.7. The number of hydrogen-bond acceptors (Lipinski definition) is 7. The van der Waals surface area contributed by atoms with E-state index in [0.717, 1.165) is 119 Å². The van der Waals surface area contributed by atoms with E-state index in [9.17, 15) is 8.78 Å². The van der Waals surface area contributed by atoms with Gasteiger partial charge in [0.2, 0.25) is 0 Å². The molecule has 7 nitrogen and oxygen atoms in total. The topological polar surface area (TPSA) is 59.6 Å². The van der Waals surface area contributed by atoms with Gasteiger partial charge in [0.15, 0.2) is 0 Å². The third kappa shape index (κ3) is 8.78. The van der Waals surface area contributed by atoms with Crippen molar-refractivity contribution < 1.29 is 8.78 Å². The summed E-state index contributed by atoms with van der Waals surface area (Å²) < 4.78 is 28.3. The van der Waals surface area contributed by atoms with E-state index in [1.54, 1.807) is 0 Å². The highest BCUT2D eigenvalue weighted by molar-refractivity contribution is 5.72. The molecule has 0 spiro atoms. The molecule has 0 atom stereocenters. The number of benzene rings is 2. The first-order valence-corrected chi connectivity index (χ1v) is 21.3. The largest absolute Gasteiger partial charge is 0.384 e. The molecule has 0 bridgehead atoms. The van der Waals surface area contributed by atoms with Crippen LogP contribution in [0.4, 0.5) is 20.4 Å². The number of aryl methyl sites for hydroxylation is 2. The van der Waals surface area contributed by atoms with E-state index < -0.39 is 5.92 Å². The number of piperazine rings is 1. The predicted molar refractivity (Wildman–Crippen MR) is 245 cm³/mol. The van der Waals surface area contributed by atoms with Gasteiger partial charge in [0.05, 0.1) is 5.69 Å². The van der Waals surface area contributed by atoms with Crippen LogP contribution >= 0.6 is 0 Å². The molecule has 0 unspecified atom stereocenters. The Hall–Kier alpha value is -5.28. The van der Waals surface area contributed by atoms with Crippen LogP contribution in [0.5, 0.6) is 0 Å². The van der Waals surface area contributed by atoms with Gasteiger partial charge in [0.25, 0.3) is 5.92 Å². The smallest absolute Gasteiger partial charge is 0.256 e. The van der Waals surface area contributed by atoms with Gasteiger partial charge >= 0.3 is 0 Å². The highest BCUT2D eigenvalue weighted by Gasteiger charge is 2.48. The first-order chi connectivity index (χ1) is 28.3. The number of fused-ring (bicyclic) bond motifs is 1. The Morgan fingerprint density at radius 2 is 1.63 bits per heavy atom. The lowest BCUT2D eigenvalue weighted by Gasteiger charge is -2.50. The van der Waals surface area contributed by atoms with Crippen molar-refractivity contribution in [3.8, 4) is 11.3 Å². The second-order valence-electron chi connectivity index (χ2n) is 18.7. The van der Waals surface area contributed by atoms with Crippen molar-refractivity contribution in [3.63, 3.8) is 0 Å². The van der Waals surface area contributed by atoms with E-state index >= 15 is 0 Å². The zero-order valence-electron chi connectivity index (χ0n) is 36.8. The van der Waals surface area contributed by atoms with E-state index in [4.69, 9.17) is 9.97 Å². The summed E-state index contributed by atoms with van der Waals surface area (Å²) >= 11 is 0. The molecule has 4 aromatic rings. The lowest BCUT2D eigenvalue weighted by Crippen LogP contribution is -2.55. The maximum Gasteiger partial charge on any atom is 0.256 e. The number of allylic oxidation sites excluding steroid dienone is 2. The Labute approximate surface area is 357 Å². The van der Waals surface area contributed by atoms with Gasteiger partial charge in [-0.05, 0) is 106 Å². The predicted octanol–water partition coefficient (Wildman–Crippen LogP) is 10.6. The first-order valence-electron chi connectivity index (χ1n) is 21.3. The maximum absolute atomic E-state index is 14.2. The number of anilines is 2. The number of alkyl halides is 2. The fourth-order valence-corrected chi connectivity index (χ4v) is 8.66. The zero-order valence-corrected chi connectivity index (χ0v) is 36.8. The second-order valence-corrected chi connectivity index (χ2v) is 18.7.